The average molecular weight is 399 g/mol. The van der Waals surface area contributed by atoms with Crippen LogP contribution in [-0.4, -0.2) is 23.2 Å². The van der Waals surface area contributed by atoms with Gasteiger partial charge in [-0.2, -0.15) is 11.8 Å². The molecular weight excluding hydrogens is 380 g/mol. The highest BCUT2D eigenvalue weighted by atomic mass is 35.5. The predicted octanol–water partition coefficient (Wildman–Crippen LogP) is 5.21. The molecule has 2 aromatic carbocycles. The van der Waals surface area contributed by atoms with Gasteiger partial charge in [0.1, 0.15) is 6.26 Å². The maximum atomic E-state index is 12.5. The van der Waals surface area contributed by atoms with E-state index in [1.54, 1.807) is 18.0 Å². The third kappa shape index (κ3) is 4.20. The summed E-state index contributed by atoms with van der Waals surface area (Å²) in [4.78, 5) is 18.9. The Balaban J connectivity index is 1.26. The fraction of sp³-hybridized carbons (Fsp3) is 0.238. The fourth-order valence-corrected chi connectivity index (χ4v) is 4.10. The van der Waals surface area contributed by atoms with Crippen LogP contribution in [-0.2, 0) is 17.0 Å². The Morgan fingerprint density at radius 3 is 2.85 bits per heavy atom. The van der Waals surface area contributed by atoms with Gasteiger partial charge < -0.3 is 9.32 Å². The normalized spacial score (nSPS) is 13.0. The maximum absolute atomic E-state index is 12.5. The highest BCUT2D eigenvalue weighted by Crippen LogP contribution is 2.28. The summed E-state index contributed by atoms with van der Waals surface area (Å²) in [6.07, 6.45) is 3.15. The molecule has 2 heterocycles. The van der Waals surface area contributed by atoms with Gasteiger partial charge in [0.25, 0.3) is 0 Å². The van der Waals surface area contributed by atoms with Gasteiger partial charge in [-0.3, -0.25) is 4.79 Å². The molecule has 0 bridgehead atoms. The summed E-state index contributed by atoms with van der Waals surface area (Å²) in [5, 5.41) is 0.686. The van der Waals surface area contributed by atoms with Crippen LogP contribution in [0.3, 0.4) is 0 Å². The van der Waals surface area contributed by atoms with Crippen molar-refractivity contribution in [1.29, 1.82) is 0 Å². The standard InChI is InChI=1S/C21H19ClN2O2S/c22-17-7-5-16(6-8-17)21-23-18(13-26-21)14-27-12-10-20(25)24-11-9-15-3-1-2-4-19(15)24/h1-8,13H,9-12,14H2. The number of aromatic nitrogens is 1. The molecule has 0 aliphatic carbocycles. The SMILES string of the molecule is O=C(CCSCc1coc(-c2ccc(Cl)cc2)n1)N1CCc2ccccc21. The number of hydrogen-bond donors (Lipinski definition) is 0. The predicted molar refractivity (Wildman–Crippen MR) is 110 cm³/mol. The lowest BCUT2D eigenvalue weighted by Gasteiger charge is -2.17. The van der Waals surface area contributed by atoms with Gasteiger partial charge in [-0.15, -0.1) is 0 Å². The number of hydrogen-bond acceptors (Lipinski definition) is 4. The maximum Gasteiger partial charge on any atom is 0.227 e. The Bertz CT molecular complexity index is 939. The topological polar surface area (TPSA) is 46.3 Å². The van der Waals surface area contributed by atoms with Gasteiger partial charge in [0, 0.05) is 40.7 Å². The third-order valence-corrected chi connectivity index (χ3v) is 5.79. The number of para-hydroxylation sites is 1. The number of carbonyl (C=O) groups excluding carboxylic acids is 1. The first-order valence-corrected chi connectivity index (χ1v) is 10.4. The number of thioether (sulfide) groups is 1. The van der Waals surface area contributed by atoms with Crippen LogP contribution in [0.1, 0.15) is 17.7 Å². The lowest BCUT2D eigenvalue weighted by Crippen LogP contribution is -2.29. The molecule has 0 fully saturated rings. The molecule has 3 aromatic rings. The number of amides is 1. The zero-order chi connectivity index (χ0) is 18.6. The molecule has 0 saturated heterocycles. The first kappa shape index (κ1) is 18.1. The Morgan fingerprint density at radius 2 is 2.00 bits per heavy atom. The van der Waals surface area contributed by atoms with Gasteiger partial charge in [0.2, 0.25) is 11.8 Å². The molecule has 0 saturated carbocycles. The minimum Gasteiger partial charge on any atom is -0.444 e. The number of carbonyl (C=O) groups is 1. The van der Waals surface area contributed by atoms with E-state index < -0.39 is 0 Å². The Hall–Kier alpha value is -2.24. The summed E-state index contributed by atoms with van der Waals surface area (Å²) in [6, 6.07) is 15.5. The quantitative estimate of drug-likeness (QED) is 0.535. The van der Waals surface area contributed by atoms with Gasteiger partial charge in [-0.1, -0.05) is 29.8 Å². The number of anilines is 1. The van der Waals surface area contributed by atoms with Crippen molar-refractivity contribution >= 4 is 35.0 Å². The van der Waals surface area contributed by atoms with Crippen LogP contribution in [0.25, 0.3) is 11.5 Å². The molecule has 0 radical (unpaired) electrons. The number of oxazole rings is 1. The molecule has 4 rings (SSSR count). The molecule has 1 aliphatic heterocycles. The van der Waals surface area contributed by atoms with Crippen molar-refractivity contribution in [2.75, 3.05) is 17.2 Å². The van der Waals surface area contributed by atoms with E-state index >= 15 is 0 Å². The van der Waals surface area contributed by atoms with Crippen molar-refractivity contribution in [1.82, 2.24) is 4.98 Å². The molecule has 0 atom stereocenters. The molecule has 4 nitrogen and oxygen atoms in total. The summed E-state index contributed by atoms with van der Waals surface area (Å²) in [5.41, 5.74) is 4.11. The van der Waals surface area contributed by atoms with Gasteiger partial charge >= 0.3 is 0 Å². The minimum absolute atomic E-state index is 0.189. The Morgan fingerprint density at radius 1 is 1.19 bits per heavy atom. The van der Waals surface area contributed by atoms with Gasteiger partial charge in [-0.05, 0) is 42.3 Å². The smallest absolute Gasteiger partial charge is 0.227 e. The van der Waals surface area contributed by atoms with Crippen molar-refractivity contribution in [3.63, 3.8) is 0 Å². The highest BCUT2D eigenvalue weighted by Gasteiger charge is 2.23. The third-order valence-electron chi connectivity index (χ3n) is 4.54. The molecule has 1 aliphatic rings. The van der Waals surface area contributed by atoms with Crippen LogP contribution in [0, 0.1) is 0 Å². The first-order chi connectivity index (χ1) is 13.2. The molecule has 0 N–H and O–H groups in total. The van der Waals surface area contributed by atoms with Crippen molar-refractivity contribution in [3.8, 4) is 11.5 Å². The van der Waals surface area contributed by atoms with Gasteiger partial charge in [0.05, 0.1) is 5.69 Å². The summed E-state index contributed by atoms with van der Waals surface area (Å²) in [7, 11) is 0. The zero-order valence-corrected chi connectivity index (χ0v) is 16.3. The lowest BCUT2D eigenvalue weighted by atomic mass is 10.2. The van der Waals surface area contributed by atoms with E-state index in [0.29, 0.717) is 17.3 Å². The van der Waals surface area contributed by atoms with E-state index in [1.807, 2.05) is 47.4 Å². The Kier molecular flexibility index (Phi) is 5.50. The summed E-state index contributed by atoms with van der Waals surface area (Å²) < 4.78 is 5.55. The number of nitrogens with zero attached hydrogens (tertiary/aromatic N) is 2. The summed E-state index contributed by atoms with van der Waals surface area (Å²) in [5.74, 6) is 2.27. The van der Waals surface area contributed by atoms with E-state index in [-0.39, 0.29) is 5.91 Å². The molecule has 138 valence electrons. The number of rotatable bonds is 6. The second kappa shape index (κ2) is 8.19. The number of benzene rings is 2. The minimum atomic E-state index is 0.189. The van der Waals surface area contributed by atoms with Crippen LogP contribution in [0.15, 0.2) is 59.2 Å². The summed E-state index contributed by atoms with van der Waals surface area (Å²) in [6.45, 7) is 0.788. The average Bonchev–Trinajstić information content (AvgIpc) is 3.33. The number of fused-ring (bicyclic) bond motifs is 1. The molecule has 0 unspecified atom stereocenters. The zero-order valence-electron chi connectivity index (χ0n) is 14.7. The van der Waals surface area contributed by atoms with Crippen LogP contribution in [0.4, 0.5) is 5.69 Å². The van der Waals surface area contributed by atoms with Crippen LogP contribution in [0.2, 0.25) is 5.02 Å². The van der Waals surface area contributed by atoms with E-state index in [4.69, 9.17) is 16.0 Å². The van der Waals surface area contributed by atoms with Crippen molar-refractivity contribution in [2.45, 2.75) is 18.6 Å². The lowest BCUT2D eigenvalue weighted by molar-refractivity contribution is -0.118. The number of halogens is 1. The highest BCUT2D eigenvalue weighted by molar-refractivity contribution is 7.98. The van der Waals surface area contributed by atoms with Crippen LogP contribution < -0.4 is 4.90 Å². The molecule has 1 aromatic heterocycles. The molecule has 27 heavy (non-hydrogen) atoms. The van der Waals surface area contributed by atoms with Crippen molar-refractivity contribution in [3.05, 3.63) is 71.1 Å². The Labute approximate surface area is 167 Å². The molecule has 0 spiro atoms. The second-order valence-corrected chi connectivity index (χ2v) is 7.92. The van der Waals surface area contributed by atoms with E-state index in [9.17, 15) is 4.79 Å². The first-order valence-electron chi connectivity index (χ1n) is 8.87. The van der Waals surface area contributed by atoms with Crippen LogP contribution in [0.5, 0.6) is 0 Å². The van der Waals surface area contributed by atoms with Crippen molar-refractivity contribution < 1.29 is 9.21 Å². The van der Waals surface area contributed by atoms with Crippen molar-refractivity contribution in [2.24, 2.45) is 0 Å². The summed E-state index contributed by atoms with van der Waals surface area (Å²) >= 11 is 7.60. The van der Waals surface area contributed by atoms with E-state index in [1.165, 1.54) is 5.56 Å². The van der Waals surface area contributed by atoms with Gasteiger partial charge in [0.15, 0.2) is 0 Å². The van der Waals surface area contributed by atoms with E-state index in [2.05, 4.69) is 11.1 Å². The molecular formula is C21H19ClN2O2S. The largest absolute Gasteiger partial charge is 0.444 e. The molecule has 1 amide bonds. The van der Waals surface area contributed by atoms with E-state index in [0.717, 1.165) is 41.4 Å². The second-order valence-electron chi connectivity index (χ2n) is 6.38. The molecule has 6 heteroatoms. The van der Waals surface area contributed by atoms with Crippen LogP contribution >= 0.6 is 23.4 Å². The fourth-order valence-electron chi connectivity index (χ4n) is 3.17. The monoisotopic (exact) mass is 398 g/mol. The van der Waals surface area contributed by atoms with Gasteiger partial charge in [-0.25, -0.2) is 4.98 Å².